The summed E-state index contributed by atoms with van der Waals surface area (Å²) in [5.74, 6) is -0.738. The number of likely N-dealkylation sites (tertiary alicyclic amines) is 1. The number of carbonyl (C=O) groups is 3. The molecule has 2 rings (SSSR count). The Bertz CT molecular complexity index is 564. The van der Waals surface area contributed by atoms with Crippen molar-refractivity contribution in [3.63, 3.8) is 0 Å². The molecule has 6 nitrogen and oxygen atoms in total. The maximum absolute atomic E-state index is 12.2. The lowest BCUT2D eigenvalue weighted by Crippen LogP contribution is -2.45. The van der Waals surface area contributed by atoms with E-state index in [0.717, 1.165) is 0 Å². The number of rotatable bonds is 4. The Balaban J connectivity index is 1.78. The number of esters is 1. The van der Waals surface area contributed by atoms with Gasteiger partial charge in [-0.1, -0.05) is 20.8 Å². The highest BCUT2D eigenvalue weighted by atomic mass is 16.5. The molecular formula is C17H24N2O4. The van der Waals surface area contributed by atoms with Crippen molar-refractivity contribution >= 4 is 17.7 Å². The van der Waals surface area contributed by atoms with E-state index >= 15 is 0 Å². The summed E-state index contributed by atoms with van der Waals surface area (Å²) in [7, 11) is 0. The van der Waals surface area contributed by atoms with Crippen LogP contribution >= 0.6 is 0 Å². The Kier molecular flexibility index (Phi) is 5.23. The molecule has 23 heavy (non-hydrogen) atoms. The molecule has 1 fully saturated rings. The lowest BCUT2D eigenvalue weighted by molar-refractivity contribution is -0.152. The minimum atomic E-state index is -0.407. The lowest BCUT2D eigenvalue weighted by Gasteiger charge is -2.34. The normalized spacial score (nSPS) is 16.2. The van der Waals surface area contributed by atoms with Crippen LogP contribution in [0, 0.1) is 11.3 Å². The summed E-state index contributed by atoms with van der Waals surface area (Å²) in [6, 6.07) is 3.36. The Hall–Kier alpha value is -2.11. The van der Waals surface area contributed by atoms with Gasteiger partial charge in [-0.3, -0.25) is 14.4 Å². The van der Waals surface area contributed by atoms with E-state index < -0.39 is 5.41 Å². The van der Waals surface area contributed by atoms with Crippen molar-refractivity contribution in [2.75, 3.05) is 19.7 Å². The van der Waals surface area contributed by atoms with Crippen LogP contribution in [-0.2, 0) is 14.3 Å². The molecule has 0 saturated carbocycles. The smallest absolute Gasteiger partial charge is 0.309 e. The zero-order valence-corrected chi connectivity index (χ0v) is 13.9. The molecule has 0 aliphatic carbocycles. The zero-order valence-electron chi connectivity index (χ0n) is 13.9. The maximum atomic E-state index is 12.2. The number of amides is 1. The maximum Gasteiger partial charge on any atom is 0.309 e. The van der Waals surface area contributed by atoms with Crippen molar-refractivity contribution in [3.05, 3.63) is 24.0 Å². The van der Waals surface area contributed by atoms with Gasteiger partial charge in [-0.2, -0.15) is 0 Å². The Morgan fingerprint density at radius 3 is 2.43 bits per heavy atom. The van der Waals surface area contributed by atoms with Gasteiger partial charge >= 0.3 is 5.97 Å². The first kappa shape index (κ1) is 17.2. The summed E-state index contributed by atoms with van der Waals surface area (Å²) < 4.78 is 5.12. The Morgan fingerprint density at radius 2 is 1.91 bits per heavy atom. The number of hydrogen-bond acceptors (Lipinski definition) is 4. The molecule has 0 aromatic carbocycles. The lowest BCUT2D eigenvalue weighted by atomic mass is 9.91. The van der Waals surface area contributed by atoms with Crippen LogP contribution in [0.2, 0.25) is 0 Å². The van der Waals surface area contributed by atoms with Crippen LogP contribution in [0.1, 0.15) is 44.1 Å². The SMILES string of the molecule is CC(C)(C)C(=O)N1CCC(C(=O)OCC(=O)c2ccc[nH]2)CC1. The number of piperidine rings is 1. The molecule has 1 saturated heterocycles. The molecule has 0 atom stereocenters. The third-order valence-electron chi connectivity index (χ3n) is 4.00. The van der Waals surface area contributed by atoms with Crippen molar-refractivity contribution < 1.29 is 19.1 Å². The Labute approximate surface area is 136 Å². The molecule has 1 aromatic rings. The number of aromatic nitrogens is 1. The van der Waals surface area contributed by atoms with Crippen molar-refractivity contribution in [1.82, 2.24) is 9.88 Å². The fourth-order valence-electron chi connectivity index (χ4n) is 2.63. The summed E-state index contributed by atoms with van der Waals surface area (Å²) in [5, 5.41) is 0. The van der Waals surface area contributed by atoms with E-state index in [4.69, 9.17) is 4.74 Å². The second-order valence-corrected chi connectivity index (χ2v) is 6.93. The largest absolute Gasteiger partial charge is 0.457 e. The van der Waals surface area contributed by atoms with E-state index in [2.05, 4.69) is 4.98 Å². The van der Waals surface area contributed by atoms with Gasteiger partial charge in [-0.25, -0.2) is 0 Å². The monoisotopic (exact) mass is 320 g/mol. The van der Waals surface area contributed by atoms with Gasteiger partial charge in [-0.05, 0) is 25.0 Å². The number of nitrogens with zero attached hydrogens (tertiary/aromatic N) is 1. The van der Waals surface area contributed by atoms with Crippen LogP contribution in [0.4, 0.5) is 0 Å². The van der Waals surface area contributed by atoms with Crippen molar-refractivity contribution in [2.45, 2.75) is 33.6 Å². The fourth-order valence-corrected chi connectivity index (χ4v) is 2.63. The first-order valence-corrected chi connectivity index (χ1v) is 7.91. The summed E-state index contributed by atoms with van der Waals surface area (Å²) in [6.07, 6.45) is 2.81. The van der Waals surface area contributed by atoms with Crippen LogP contribution in [0.3, 0.4) is 0 Å². The van der Waals surface area contributed by atoms with Crippen LogP contribution in [-0.4, -0.2) is 47.2 Å². The highest BCUT2D eigenvalue weighted by Crippen LogP contribution is 2.24. The first-order valence-electron chi connectivity index (χ1n) is 7.91. The molecule has 1 aromatic heterocycles. The number of ketones is 1. The van der Waals surface area contributed by atoms with Crippen LogP contribution < -0.4 is 0 Å². The molecule has 1 amide bonds. The predicted molar refractivity (Wildman–Crippen MR) is 84.8 cm³/mol. The van der Waals surface area contributed by atoms with Gasteiger partial charge in [0.05, 0.1) is 11.6 Å². The molecular weight excluding hydrogens is 296 g/mol. The number of carbonyl (C=O) groups excluding carboxylic acids is 3. The van der Waals surface area contributed by atoms with Gasteiger partial charge in [0, 0.05) is 24.7 Å². The second-order valence-electron chi connectivity index (χ2n) is 6.93. The summed E-state index contributed by atoms with van der Waals surface area (Å²) in [5.41, 5.74) is 0.0268. The number of hydrogen-bond donors (Lipinski definition) is 1. The molecule has 126 valence electrons. The third kappa shape index (κ3) is 4.43. The van der Waals surface area contributed by atoms with E-state index in [1.54, 1.807) is 23.2 Å². The average molecular weight is 320 g/mol. The highest BCUT2D eigenvalue weighted by Gasteiger charge is 2.33. The summed E-state index contributed by atoms with van der Waals surface area (Å²) in [4.78, 5) is 40.6. The van der Waals surface area contributed by atoms with E-state index in [-0.39, 0.29) is 30.2 Å². The first-order chi connectivity index (χ1) is 10.8. The van der Waals surface area contributed by atoms with Crippen molar-refractivity contribution in [1.29, 1.82) is 0 Å². The van der Waals surface area contributed by atoms with Crippen molar-refractivity contribution in [2.24, 2.45) is 11.3 Å². The number of aromatic amines is 1. The minimum Gasteiger partial charge on any atom is -0.457 e. The van der Waals surface area contributed by atoms with Gasteiger partial charge in [0.15, 0.2) is 6.61 Å². The topological polar surface area (TPSA) is 79.5 Å². The fraction of sp³-hybridized carbons (Fsp3) is 0.588. The molecule has 0 unspecified atom stereocenters. The van der Waals surface area contributed by atoms with Crippen molar-refractivity contribution in [3.8, 4) is 0 Å². The Morgan fingerprint density at radius 1 is 1.26 bits per heavy atom. The summed E-state index contributed by atoms with van der Waals surface area (Å²) in [6.45, 7) is 6.53. The highest BCUT2D eigenvalue weighted by molar-refractivity contribution is 5.96. The molecule has 1 aliphatic rings. The van der Waals surface area contributed by atoms with Crippen LogP contribution in [0.15, 0.2) is 18.3 Å². The summed E-state index contributed by atoms with van der Waals surface area (Å²) >= 11 is 0. The zero-order chi connectivity index (χ0) is 17.0. The third-order valence-corrected chi connectivity index (χ3v) is 4.00. The number of nitrogens with one attached hydrogen (secondary N) is 1. The molecule has 0 spiro atoms. The van der Waals surface area contributed by atoms with Gasteiger partial charge < -0.3 is 14.6 Å². The van der Waals surface area contributed by atoms with Gasteiger partial charge in [-0.15, -0.1) is 0 Å². The van der Waals surface area contributed by atoms with E-state index in [1.165, 1.54) is 0 Å². The second kappa shape index (κ2) is 6.98. The van der Waals surface area contributed by atoms with Crippen LogP contribution in [0.5, 0.6) is 0 Å². The number of H-pyrrole nitrogens is 1. The number of ether oxygens (including phenoxy) is 1. The molecule has 1 N–H and O–H groups in total. The van der Waals surface area contributed by atoms with Crippen LogP contribution in [0.25, 0.3) is 0 Å². The average Bonchev–Trinajstić information content (AvgIpc) is 3.05. The molecule has 1 aliphatic heterocycles. The molecule has 2 heterocycles. The standard InChI is InChI=1S/C17H24N2O4/c1-17(2,3)16(22)19-9-6-12(7-10-19)15(21)23-11-14(20)13-5-4-8-18-13/h4-5,8,12,18H,6-7,9-11H2,1-3H3. The van der Waals surface area contributed by atoms with Gasteiger partial charge in [0.25, 0.3) is 0 Å². The van der Waals surface area contributed by atoms with E-state index in [1.807, 2.05) is 20.8 Å². The van der Waals surface area contributed by atoms with E-state index in [9.17, 15) is 14.4 Å². The van der Waals surface area contributed by atoms with Gasteiger partial charge in [0.2, 0.25) is 11.7 Å². The van der Waals surface area contributed by atoms with E-state index in [0.29, 0.717) is 31.6 Å². The predicted octanol–water partition coefficient (Wildman–Crippen LogP) is 2.03. The number of Topliss-reactive ketones (excluding diaryl/α,β-unsaturated/α-hetero) is 1. The quantitative estimate of drug-likeness (QED) is 0.680. The molecule has 0 radical (unpaired) electrons. The molecule has 0 bridgehead atoms. The minimum absolute atomic E-state index is 0.103. The molecule has 6 heteroatoms. The van der Waals surface area contributed by atoms with Gasteiger partial charge in [0.1, 0.15) is 0 Å².